The lowest BCUT2D eigenvalue weighted by molar-refractivity contribution is 0.0226. The molecule has 190 valence electrons. The molecule has 1 amide bonds. The van der Waals surface area contributed by atoms with Gasteiger partial charge in [0.05, 0.1) is 38.9 Å². The topological polar surface area (TPSA) is 123 Å². The maximum Gasteiger partial charge on any atom is 0.294 e. The van der Waals surface area contributed by atoms with Crippen molar-refractivity contribution in [1.82, 2.24) is 15.1 Å². The molecule has 1 aromatic carbocycles. The van der Waals surface area contributed by atoms with Crippen LogP contribution in [0.5, 0.6) is 0 Å². The number of carbonyl (C=O) groups excluding carboxylic acids is 1. The first-order valence-electron chi connectivity index (χ1n) is 9.68. The molecule has 0 saturated carbocycles. The minimum atomic E-state index is -4.56. The molecule has 4 N–H and O–H groups in total. The highest BCUT2D eigenvalue weighted by molar-refractivity contribution is 7.89. The standard InChI is InChI=1S/C19H23Cl2F3N4O4S2/c1-19(2,32-3)8-11-15(33-18(26-11)17(29)27-25)9-4-5-12(14(21)13(9)20)34(30,31)28-10(6-7-22)16(23)24/h4-5,10,16,28H,6-8,25H2,1-3H3,(H,27,29). The molecular formula is C19H23Cl2F3N4O4S2. The van der Waals surface area contributed by atoms with Crippen molar-refractivity contribution in [3.05, 3.63) is 32.9 Å². The monoisotopic (exact) mass is 562 g/mol. The molecule has 1 atom stereocenters. The van der Waals surface area contributed by atoms with Crippen molar-refractivity contribution in [1.29, 1.82) is 0 Å². The van der Waals surface area contributed by atoms with Gasteiger partial charge in [-0.05, 0) is 26.3 Å². The number of hydrogen-bond donors (Lipinski definition) is 3. The van der Waals surface area contributed by atoms with Gasteiger partial charge in [-0.2, -0.15) is 0 Å². The van der Waals surface area contributed by atoms with Crippen LogP contribution in [-0.2, 0) is 21.2 Å². The normalized spacial score (nSPS) is 13.4. The van der Waals surface area contributed by atoms with Crippen LogP contribution < -0.4 is 16.0 Å². The van der Waals surface area contributed by atoms with Gasteiger partial charge in [-0.1, -0.05) is 29.3 Å². The molecule has 1 heterocycles. The zero-order valence-corrected chi connectivity index (χ0v) is 21.4. The van der Waals surface area contributed by atoms with Crippen LogP contribution in [0, 0.1) is 0 Å². The fourth-order valence-corrected chi connectivity index (χ4v) is 6.04. The van der Waals surface area contributed by atoms with E-state index in [2.05, 4.69) is 4.98 Å². The van der Waals surface area contributed by atoms with Crippen LogP contribution in [-0.4, -0.2) is 51.2 Å². The summed E-state index contributed by atoms with van der Waals surface area (Å²) in [4.78, 5) is 16.2. The van der Waals surface area contributed by atoms with Crippen LogP contribution in [0.2, 0.25) is 10.0 Å². The number of hydrazine groups is 1. The SMILES string of the molecule is COC(C)(C)Cc1nc(C(=O)NN)sc1-c1ccc(S(=O)(=O)NC(CCF)C(F)F)c(Cl)c1Cl. The number of hydrogen-bond acceptors (Lipinski definition) is 7. The van der Waals surface area contributed by atoms with Crippen LogP contribution in [0.15, 0.2) is 17.0 Å². The number of ether oxygens (including phenoxy) is 1. The molecular weight excluding hydrogens is 540 g/mol. The van der Waals surface area contributed by atoms with E-state index in [4.69, 9.17) is 33.8 Å². The number of benzene rings is 1. The predicted molar refractivity (Wildman–Crippen MR) is 125 cm³/mol. The van der Waals surface area contributed by atoms with Crippen molar-refractivity contribution in [3.8, 4) is 10.4 Å². The molecule has 2 rings (SSSR count). The number of nitrogens with zero attached hydrogens (tertiary/aromatic N) is 1. The lowest BCUT2D eigenvalue weighted by atomic mass is 10.00. The summed E-state index contributed by atoms with van der Waals surface area (Å²) in [6.07, 6.45) is -3.59. The first-order chi connectivity index (χ1) is 15.8. The first-order valence-corrected chi connectivity index (χ1v) is 12.7. The summed E-state index contributed by atoms with van der Waals surface area (Å²) in [5, 5.41) is -0.616. The van der Waals surface area contributed by atoms with Crippen molar-refractivity contribution < 1.29 is 31.1 Å². The Bertz CT molecular complexity index is 1150. The van der Waals surface area contributed by atoms with E-state index in [1.807, 2.05) is 5.43 Å². The molecule has 1 unspecified atom stereocenters. The van der Waals surface area contributed by atoms with Gasteiger partial charge in [0.1, 0.15) is 4.90 Å². The number of nitrogens with two attached hydrogens (primary N) is 1. The van der Waals surface area contributed by atoms with Gasteiger partial charge in [-0.25, -0.2) is 32.7 Å². The maximum atomic E-state index is 13.1. The second-order valence-corrected chi connectivity index (χ2v) is 11.1. The summed E-state index contributed by atoms with van der Waals surface area (Å²) in [5.41, 5.74) is 1.99. The highest BCUT2D eigenvalue weighted by Crippen LogP contribution is 2.42. The number of carbonyl (C=O) groups is 1. The molecule has 8 nitrogen and oxygen atoms in total. The van der Waals surface area contributed by atoms with Crippen molar-refractivity contribution in [2.45, 2.75) is 49.7 Å². The molecule has 2 aromatic rings. The number of halogens is 5. The lowest BCUT2D eigenvalue weighted by Gasteiger charge is -2.22. The van der Waals surface area contributed by atoms with Gasteiger partial charge < -0.3 is 4.74 Å². The van der Waals surface area contributed by atoms with Crippen LogP contribution >= 0.6 is 34.5 Å². The molecule has 0 aliphatic carbocycles. The van der Waals surface area contributed by atoms with Gasteiger partial charge >= 0.3 is 0 Å². The summed E-state index contributed by atoms with van der Waals surface area (Å²) in [5.74, 6) is 4.56. The fourth-order valence-electron chi connectivity index (χ4n) is 2.85. The van der Waals surface area contributed by atoms with Gasteiger partial charge in [0, 0.05) is 19.1 Å². The molecule has 0 fully saturated rings. The molecule has 34 heavy (non-hydrogen) atoms. The van der Waals surface area contributed by atoms with Gasteiger partial charge in [-0.3, -0.25) is 14.6 Å². The quantitative estimate of drug-likeness (QED) is 0.216. The second-order valence-electron chi connectivity index (χ2n) is 7.69. The maximum absolute atomic E-state index is 13.1. The Kier molecular flexibility index (Phi) is 9.73. The molecule has 0 bridgehead atoms. The molecule has 0 aliphatic rings. The number of alkyl halides is 3. The lowest BCUT2D eigenvalue weighted by Crippen LogP contribution is -2.40. The van der Waals surface area contributed by atoms with E-state index in [9.17, 15) is 26.4 Å². The Hall–Kier alpha value is -1.48. The molecule has 0 radical (unpaired) electrons. The number of nitrogens with one attached hydrogen (secondary N) is 2. The van der Waals surface area contributed by atoms with Crippen LogP contribution in [0.25, 0.3) is 10.4 Å². The Morgan fingerprint density at radius 3 is 2.47 bits per heavy atom. The Balaban J connectivity index is 2.58. The molecule has 0 spiro atoms. The van der Waals surface area contributed by atoms with E-state index in [0.29, 0.717) is 10.6 Å². The summed E-state index contributed by atoms with van der Waals surface area (Å²) in [6.45, 7) is 2.45. The van der Waals surface area contributed by atoms with Crippen molar-refractivity contribution in [2.24, 2.45) is 5.84 Å². The van der Waals surface area contributed by atoms with E-state index in [1.165, 1.54) is 13.2 Å². The molecule has 0 saturated heterocycles. The summed E-state index contributed by atoms with van der Waals surface area (Å²) in [6, 6.07) is 0.458. The van der Waals surface area contributed by atoms with Crippen LogP contribution in [0.1, 0.15) is 35.8 Å². The Labute approximate surface area is 209 Å². The largest absolute Gasteiger partial charge is 0.378 e. The van der Waals surface area contributed by atoms with Crippen molar-refractivity contribution in [2.75, 3.05) is 13.8 Å². The highest BCUT2D eigenvalue weighted by atomic mass is 35.5. The third-order valence-electron chi connectivity index (χ3n) is 4.78. The summed E-state index contributed by atoms with van der Waals surface area (Å²) < 4.78 is 71.3. The van der Waals surface area contributed by atoms with E-state index < -0.39 is 57.0 Å². The van der Waals surface area contributed by atoms with Crippen molar-refractivity contribution in [3.63, 3.8) is 0 Å². The molecule has 15 heteroatoms. The third-order valence-corrected chi connectivity index (χ3v) is 8.44. The number of sulfonamides is 1. The zero-order chi connectivity index (χ0) is 25.8. The highest BCUT2D eigenvalue weighted by Gasteiger charge is 2.31. The summed E-state index contributed by atoms with van der Waals surface area (Å²) in [7, 11) is -3.05. The number of rotatable bonds is 11. The van der Waals surface area contributed by atoms with Gasteiger partial charge in [0.25, 0.3) is 12.3 Å². The number of methoxy groups -OCH3 is 1. The number of amides is 1. The molecule has 0 aliphatic heterocycles. The smallest absolute Gasteiger partial charge is 0.294 e. The third kappa shape index (κ3) is 6.59. The average Bonchev–Trinajstić information content (AvgIpc) is 3.17. The number of aromatic nitrogens is 1. The Morgan fingerprint density at radius 2 is 1.94 bits per heavy atom. The first kappa shape index (κ1) is 28.8. The minimum absolute atomic E-state index is 0.0240. The predicted octanol–water partition coefficient (Wildman–Crippen LogP) is 3.96. The fraction of sp³-hybridized carbons (Fsp3) is 0.474. The number of nitrogen functional groups attached to an aromatic ring is 1. The van der Waals surface area contributed by atoms with Gasteiger partial charge in [0.15, 0.2) is 5.01 Å². The second kappa shape index (κ2) is 11.5. The van der Waals surface area contributed by atoms with E-state index >= 15 is 0 Å². The van der Waals surface area contributed by atoms with E-state index in [1.54, 1.807) is 18.6 Å². The Morgan fingerprint density at radius 1 is 1.29 bits per heavy atom. The van der Waals surface area contributed by atoms with Crippen LogP contribution in [0.3, 0.4) is 0 Å². The van der Waals surface area contributed by atoms with Crippen molar-refractivity contribution >= 4 is 50.5 Å². The minimum Gasteiger partial charge on any atom is -0.378 e. The molecule has 1 aromatic heterocycles. The number of thiazole rings is 1. The van der Waals surface area contributed by atoms with Gasteiger partial charge in [-0.15, -0.1) is 11.3 Å². The zero-order valence-electron chi connectivity index (χ0n) is 18.3. The van der Waals surface area contributed by atoms with Crippen LogP contribution in [0.4, 0.5) is 13.2 Å². The van der Waals surface area contributed by atoms with Gasteiger partial charge in [0.2, 0.25) is 10.0 Å². The van der Waals surface area contributed by atoms with E-state index in [-0.39, 0.29) is 22.0 Å². The summed E-state index contributed by atoms with van der Waals surface area (Å²) >= 11 is 13.6. The average molecular weight is 563 g/mol. The van der Waals surface area contributed by atoms with E-state index in [0.717, 1.165) is 17.4 Å².